The first-order chi connectivity index (χ1) is 16.1. The molecule has 0 saturated carbocycles. The number of hydrogen-bond acceptors (Lipinski definition) is 6. The first kappa shape index (κ1) is 33.0. The van der Waals surface area contributed by atoms with Crippen molar-refractivity contribution >= 4 is 19.8 Å². The summed E-state index contributed by atoms with van der Waals surface area (Å²) in [5.74, 6) is -0.128. The molecule has 0 aliphatic rings. The first-order valence-corrected chi connectivity index (χ1v) is 14.7. The van der Waals surface area contributed by atoms with Gasteiger partial charge in [-0.15, -0.1) is 0 Å². The van der Waals surface area contributed by atoms with E-state index in [1.165, 1.54) is 32.1 Å². The molecule has 0 aromatic rings. The lowest BCUT2D eigenvalue weighted by Crippen LogP contribution is -2.29. The van der Waals surface area contributed by atoms with Crippen LogP contribution in [0.3, 0.4) is 0 Å². The Balaban J connectivity index is 4.09. The van der Waals surface area contributed by atoms with Crippen LogP contribution in [0.4, 0.5) is 0 Å². The summed E-state index contributed by atoms with van der Waals surface area (Å²) in [4.78, 5) is 41.9. The van der Waals surface area contributed by atoms with Crippen LogP contribution in [-0.2, 0) is 28.2 Å². The summed E-state index contributed by atoms with van der Waals surface area (Å²) >= 11 is 0. The second-order valence-electron chi connectivity index (χ2n) is 9.51. The van der Waals surface area contributed by atoms with Crippen LogP contribution in [0, 0.1) is 5.92 Å². The van der Waals surface area contributed by atoms with Crippen LogP contribution in [0.5, 0.6) is 0 Å². The number of carbonyl (C=O) groups excluding carboxylic acids is 2. The lowest BCUT2D eigenvalue weighted by atomic mass is 10.0. The third-order valence-electron chi connectivity index (χ3n) is 5.55. The highest BCUT2D eigenvalue weighted by molar-refractivity contribution is 7.46. The zero-order valence-corrected chi connectivity index (χ0v) is 22.6. The molecule has 9 heteroatoms. The topological polar surface area (TPSA) is 119 Å². The quantitative estimate of drug-likeness (QED) is 0.0916. The van der Waals surface area contributed by atoms with E-state index in [9.17, 15) is 14.2 Å². The van der Waals surface area contributed by atoms with Gasteiger partial charge in [0.15, 0.2) is 6.10 Å². The standard InChI is InChI=1S/C25H49O8P/c1-4-5-6-11-15-18-24(26)31-20-23(21-32-34(28,29)30)33-25(27)19-16-13-10-8-7-9-12-14-17-22(2)3/h22-23H,4-21H2,1-3H3,(H2,28,29,30)/t23-/m1/s1. The van der Waals surface area contributed by atoms with E-state index in [4.69, 9.17) is 19.3 Å². The van der Waals surface area contributed by atoms with Gasteiger partial charge in [-0.25, -0.2) is 4.57 Å². The summed E-state index contributed by atoms with van der Waals surface area (Å²) < 4.78 is 25.9. The maximum Gasteiger partial charge on any atom is 0.469 e. The molecular formula is C25H49O8P. The third kappa shape index (κ3) is 24.2. The maximum atomic E-state index is 12.1. The molecule has 0 aliphatic heterocycles. The highest BCUT2D eigenvalue weighted by atomic mass is 31.2. The number of unbranched alkanes of at least 4 members (excludes halogenated alkanes) is 11. The molecule has 0 unspecified atom stereocenters. The maximum absolute atomic E-state index is 12.1. The molecule has 1 atom stereocenters. The molecule has 0 rings (SSSR count). The van der Waals surface area contributed by atoms with Crippen LogP contribution in [-0.4, -0.2) is 41.0 Å². The molecular weight excluding hydrogens is 459 g/mol. The molecule has 0 aromatic heterocycles. The van der Waals surface area contributed by atoms with Gasteiger partial charge in [-0.1, -0.05) is 97.8 Å². The average Bonchev–Trinajstić information content (AvgIpc) is 2.76. The van der Waals surface area contributed by atoms with Gasteiger partial charge in [0.05, 0.1) is 6.61 Å². The summed E-state index contributed by atoms with van der Waals surface area (Å²) in [6.07, 6.45) is 14.6. The van der Waals surface area contributed by atoms with Crippen molar-refractivity contribution in [1.82, 2.24) is 0 Å². The van der Waals surface area contributed by atoms with Crippen molar-refractivity contribution in [3.05, 3.63) is 0 Å². The van der Waals surface area contributed by atoms with Crippen LogP contribution >= 0.6 is 7.82 Å². The molecule has 202 valence electrons. The van der Waals surface area contributed by atoms with Gasteiger partial charge in [0.25, 0.3) is 0 Å². The Labute approximate surface area is 206 Å². The zero-order chi connectivity index (χ0) is 25.7. The minimum absolute atomic E-state index is 0.214. The molecule has 8 nitrogen and oxygen atoms in total. The summed E-state index contributed by atoms with van der Waals surface area (Å²) in [6.45, 7) is 5.81. The molecule has 0 aliphatic carbocycles. The summed E-state index contributed by atoms with van der Waals surface area (Å²) in [5, 5.41) is 0. The van der Waals surface area contributed by atoms with Gasteiger partial charge >= 0.3 is 19.8 Å². The molecule has 0 heterocycles. The molecule has 0 saturated heterocycles. The van der Waals surface area contributed by atoms with Crippen molar-refractivity contribution in [3.8, 4) is 0 Å². The predicted octanol–water partition coefficient (Wildman–Crippen LogP) is 6.47. The second-order valence-corrected chi connectivity index (χ2v) is 10.7. The van der Waals surface area contributed by atoms with E-state index in [0.29, 0.717) is 6.42 Å². The van der Waals surface area contributed by atoms with Crippen LogP contribution < -0.4 is 0 Å². The van der Waals surface area contributed by atoms with Crippen LogP contribution in [0.2, 0.25) is 0 Å². The normalized spacial score (nSPS) is 12.6. The van der Waals surface area contributed by atoms with Crippen molar-refractivity contribution in [1.29, 1.82) is 0 Å². The van der Waals surface area contributed by atoms with E-state index < -0.39 is 32.5 Å². The smallest absolute Gasteiger partial charge is 0.462 e. The molecule has 2 N–H and O–H groups in total. The molecule has 0 radical (unpaired) electrons. The van der Waals surface area contributed by atoms with E-state index in [1.54, 1.807) is 0 Å². The number of ether oxygens (including phenoxy) is 2. The van der Waals surface area contributed by atoms with Gasteiger partial charge in [-0.05, 0) is 18.8 Å². The monoisotopic (exact) mass is 508 g/mol. The van der Waals surface area contributed by atoms with Crippen LogP contribution in [0.25, 0.3) is 0 Å². The number of carbonyl (C=O) groups is 2. The molecule has 34 heavy (non-hydrogen) atoms. The molecule has 0 fully saturated rings. The fourth-order valence-corrected chi connectivity index (χ4v) is 3.92. The van der Waals surface area contributed by atoms with E-state index >= 15 is 0 Å². The third-order valence-corrected chi connectivity index (χ3v) is 6.04. The Morgan fingerprint density at radius 1 is 0.735 bits per heavy atom. The fourth-order valence-electron chi connectivity index (χ4n) is 3.55. The SMILES string of the molecule is CCCCCCCC(=O)OC[C@H](COP(=O)(O)O)OC(=O)CCCCCCCCCCC(C)C. The van der Waals surface area contributed by atoms with Gasteiger partial charge in [-0.3, -0.25) is 14.1 Å². The first-order valence-electron chi connectivity index (χ1n) is 13.2. The highest BCUT2D eigenvalue weighted by Crippen LogP contribution is 2.35. The van der Waals surface area contributed by atoms with Crippen molar-refractivity contribution in [2.45, 2.75) is 130 Å². The zero-order valence-electron chi connectivity index (χ0n) is 21.7. The van der Waals surface area contributed by atoms with Gasteiger partial charge < -0.3 is 19.3 Å². The summed E-state index contributed by atoms with van der Waals surface area (Å²) in [5.41, 5.74) is 0. The number of rotatable bonds is 23. The molecule has 0 spiro atoms. The van der Waals surface area contributed by atoms with E-state index in [-0.39, 0.29) is 19.4 Å². The minimum Gasteiger partial charge on any atom is -0.462 e. The molecule has 0 amide bonds. The fraction of sp³-hybridized carbons (Fsp3) is 0.920. The Kier molecular flexibility index (Phi) is 20.7. The van der Waals surface area contributed by atoms with Crippen molar-refractivity contribution < 1.29 is 37.9 Å². The largest absolute Gasteiger partial charge is 0.469 e. The van der Waals surface area contributed by atoms with Crippen molar-refractivity contribution in [3.63, 3.8) is 0 Å². The Hall–Kier alpha value is -0.950. The summed E-state index contributed by atoms with van der Waals surface area (Å²) in [7, 11) is -4.72. The second kappa shape index (κ2) is 21.3. The van der Waals surface area contributed by atoms with E-state index in [2.05, 4.69) is 25.3 Å². The van der Waals surface area contributed by atoms with Gasteiger partial charge in [0, 0.05) is 12.8 Å². The number of hydrogen-bond donors (Lipinski definition) is 2. The highest BCUT2D eigenvalue weighted by Gasteiger charge is 2.22. The minimum atomic E-state index is -4.72. The van der Waals surface area contributed by atoms with Crippen LogP contribution in [0.1, 0.15) is 124 Å². The predicted molar refractivity (Wildman–Crippen MR) is 133 cm³/mol. The van der Waals surface area contributed by atoms with Gasteiger partial charge in [-0.2, -0.15) is 0 Å². The van der Waals surface area contributed by atoms with E-state index in [1.807, 2.05) is 0 Å². The van der Waals surface area contributed by atoms with Crippen LogP contribution in [0.15, 0.2) is 0 Å². The molecule has 0 aromatic carbocycles. The van der Waals surface area contributed by atoms with Crippen molar-refractivity contribution in [2.24, 2.45) is 5.92 Å². The molecule has 0 bridgehead atoms. The Morgan fingerprint density at radius 2 is 1.24 bits per heavy atom. The average molecular weight is 509 g/mol. The van der Waals surface area contributed by atoms with Crippen molar-refractivity contribution in [2.75, 3.05) is 13.2 Å². The number of phosphoric ester groups is 1. The number of esters is 2. The van der Waals surface area contributed by atoms with Gasteiger partial charge in [0.1, 0.15) is 6.61 Å². The lowest BCUT2D eigenvalue weighted by Gasteiger charge is -2.18. The number of phosphoric acid groups is 1. The van der Waals surface area contributed by atoms with E-state index in [0.717, 1.165) is 57.3 Å². The lowest BCUT2D eigenvalue weighted by molar-refractivity contribution is -0.161. The van der Waals surface area contributed by atoms with Gasteiger partial charge in [0.2, 0.25) is 0 Å². The Morgan fingerprint density at radius 3 is 1.76 bits per heavy atom. The summed E-state index contributed by atoms with van der Waals surface area (Å²) in [6, 6.07) is 0. The Bertz CT molecular complexity index is 561.